The highest BCUT2D eigenvalue weighted by molar-refractivity contribution is 7.98. The van der Waals surface area contributed by atoms with Crippen molar-refractivity contribution >= 4 is 62.5 Å². The molecule has 3 aromatic carbocycles. The maximum atomic E-state index is 14.1. The molecule has 0 bridgehead atoms. The summed E-state index contributed by atoms with van der Waals surface area (Å²) in [5, 5.41) is 3.47. The van der Waals surface area contributed by atoms with Gasteiger partial charge in [0.05, 0.1) is 27.2 Å². The molecule has 3 rings (SSSR count). The van der Waals surface area contributed by atoms with Crippen LogP contribution in [0.25, 0.3) is 0 Å². The number of nitrogens with zero attached hydrogens (tertiary/aromatic N) is 2. The molecule has 0 unspecified atom stereocenters. The summed E-state index contributed by atoms with van der Waals surface area (Å²) >= 11 is 13.8. The summed E-state index contributed by atoms with van der Waals surface area (Å²) in [4.78, 5) is 29.4. The van der Waals surface area contributed by atoms with Crippen LogP contribution >= 0.6 is 35.0 Å². The SMILES string of the molecule is CCOc1ccccc1N(CC(=O)N(Cc1ccc(Cl)c(Cl)c1)[C@H](C)C(=O)NC(C)C)S(=O)(=O)c1ccc(SC)cc1. The van der Waals surface area contributed by atoms with Gasteiger partial charge in [0.2, 0.25) is 11.8 Å². The quantitative estimate of drug-likeness (QED) is 0.220. The predicted octanol–water partition coefficient (Wildman–Crippen LogP) is 6.25. The molecule has 42 heavy (non-hydrogen) atoms. The van der Waals surface area contributed by atoms with Gasteiger partial charge in [0.25, 0.3) is 10.0 Å². The summed E-state index contributed by atoms with van der Waals surface area (Å²) in [5.74, 6) is -0.669. The number of anilines is 1. The van der Waals surface area contributed by atoms with Crippen LogP contribution in [0.15, 0.2) is 76.5 Å². The zero-order valence-electron chi connectivity index (χ0n) is 24.1. The molecule has 0 radical (unpaired) electrons. The minimum absolute atomic E-state index is 0.00812. The van der Waals surface area contributed by atoms with Crippen molar-refractivity contribution in [2.45, 2.75) is 56.1 Å². The molecule has 3 aromatic rings. The van der Waals surface area contributed by atoms with Gasteiger partial charge in [0.1, 0.15) is 18.3 Å². The van der Waals surface area contributed by atoms with Gasteiger partial charge in [-0.3, -0.25) is 13.9 Å². The smallest absolute Gasteiger partial charge is 0.264 e. The second-order valence-electron chi connectivity index (χ2n) is 9.70. The van der Waals surface area contributed by atoms with Crippen LogP contribution < -0.4 is 14.4 Å². The number of thioether (sulfide) groups is 1. The first kappa shape index (κ1) is 33.6. The third-order valence-electron chi connectivity index (χ3n) is 6.30. The molecule has 226 valence electrons. The number of halogens is 2. The number of carbonyl (C=O) groups excluding carboxylic acids is 2. The van der Waals surface area contributed by atoms with Crippen LogP contribution in [0, 0.1) is 0 Å². The summed E-state index contributed by atoms with van der Waals surface area (Å²) in [7, 11) is -4.24. The Morgan fingerprint density at radius 2 is 1.64 bits per heavy atom. The number of hydrogen-bond donors (Lipinski definition) is 1. The first-order chi connectivity index (χ1) is 19.9. The first-order valence-electron chi connectivity index (χ1n) is 13.3. The van der Waals surface area contributed by atoms with E-state index in [9.17, 15) is 18.0 Å². The summed E-state index contributed by atoms with van der Waals surface area (Å²) < 4.78 is 35.0. The van der Waals surface area contributed by atoms with Crippen molar-refractivity contribution in [1.82, 2.24) is 10.2 Å². The highest BCUT2D eigenvalue weighted by Gasteiger charge is 2.34. The number of para-hydroxylation sites is 2. The summed E-state index contributed by atoms with van der Waals surface area (Å²) in [6.45, 7) is 6.71. The number of amides is 2. The lowest BCUT2D eigenvalue weighted by molar-refractivity contribution is -0.139. The van der Waals surface area contributed by atoms with E-state index in [1.165, 1.54) is 28.8 Å². The van der Waals surface area contributed by atoms with Gasteiger partial charge in [-0.1, -0.05) is 41.4 Å². The van der Waals surface area contributed by atoms with E-state index in [-0.39, 0.29) is 35.7 Å². The molecule has 0 saturated carbocycles. The van der Waals surface area contributed by atoms with Crippen LogP contribution in [0.2, 0.25) is 10.0 Å². The molecule has 0 saturated heterocycles. The van der Waals surface area contributed by atoms with Gasteiger partial charge in [0, 0.05) is 17.5 Å². The van der Waals surface area contributed by atoms with Crippen LogP contribution in [0.5, 0.6) is 5.75 Å². The lowest BCUT2D eigenvalue weighted by atomic mass is 10.1. The highest BCUT2D eigenvalue weighted by atomic mass is 35.5. The Balaban J connectivity index is 2.10. The lowest BCUT2D eigenvalue weighted by Gasteiger charge is -2.32. The van der Waals surface area contributed by atoms with Crippen LogP contribution in [-0.4, -0.2) is 56.6 Å². The summed E-state index contributed by atoms with van der Waals surface area (Å²) in [6, 6.07) is 16.9. The van der Waals surface area contributed by atoms with Crippen molar-refractivity contribution in [2.75, 3.05) is 23.7 Å². The molecule has 2 amide bonds. The molecule has 0 fully saturated rings. The van der Waals surface area contributed by atoms with Gasteiger partial charge in [0.15, 0.2) is 0 Å². The Morgan fingerprint density at radius 1 is 0.976 bits per heavy atom. The Bertz CT molecular complexity index is 1500. The molecule has 1 atom stereocenters. The molecular formula is C30H35Cl2N3O5S2. The number of nitrogens with one attached hydrogen (secondary N) is 1. The third kappa shape index (κ3) is 8.34. The van der Waals surface area contributed by atoms with E-state index < -0.39 is 28.5 Å². The van der Waals surface area contributed by atoms with Crippen LogP contribution in [0.4, 0.5) is 5.69 Å². The Kier molecular flexibility index (Phi) is 12.0. The third-order valence-corrected chi connectivity index (χ3v) is 9.55. The fourth-order valence-electron chi connectivity index (χ4n) is 4.15. The Morgan fingerprint density at radius 3 is 2.24 bits per heavy atom. The van der Waals surface area contributed by atoms with E-state index >= 15 is 0 Å². The second kappa shape index (κ2) is 15.0. The van der Waals surface area contributed by atoms with Gasteiger partial charge >= 0.3 is 0 Å². The molecule has 12 heteroatoms. The van der Waals surface area contributed by atoms with E-state index in [1.54, 1.807) is 68.4 Å². The van der Waals surface area contributed by atoms with Crippen molar-refractivity contribution in [3.8, 4) is 5.75 Å². The monoisotopic (exact) mass is 651 g/mol. The Hall–Kier alpha value is -2.92. The minimum Gasteiger partial charge on any atom is -0.492 e. The standard InChI is InChI=1S/C30H35Cl2N3O5S2/c1-6-40-28-10-8-7-9-27(28)35(42(38,39)24-14-12-23(41-5)13-15-24)19-29(36)34(21(4)30(37)33-20(2)3)18-22-11-16-25(31)26(32)17-22/h7-17,20-21H,6,18-19H2,1-5H3,(H,33,37)/t21-/m1/s1. The second-order valence-corrected chi connectivity index (χ2v) is 13.3. The van der Waals surface area contributed by atoms with Crippen molar-refractivity contribution in [1.29, 1.82) is 0 Å². The number of benzene rings is 3. The number of carbonyl (C=O) groups is 2. The largest absolute Gasteiger partial charge is 0.492 e. The molecule has 0 aliphatic heterocycles. The maximum Gasteiger partial charge on any atom is 0.264 e. The maximum absolute atomic E-state index is 14.1. The molecule has 0 aliphatic carbocycles. The number of rotatable bonds is 13. The normalized spacial score (nSPS) is 12.1. The summed E-state index contributed by atoms with van der Waals surface area (Å²) in [5.41, 5.74) is 0.828. The zero-order chi connectivity index (χ0) is 31.0. The molecule has 0 aliphatic rings. The molecule has 0 heterocycles. The summed E-state index contributed by atoms with van der Waals surface area (Å²) in [6.07, 6.45) is 1.89. The fourth-order valence-corrected chi connectivity index (χ4v) is 6.31. The first-order valence-corrected chi connectivity index (χ1v) is 16.7. The average molecular weight is 653 g/mol. The number of sulfonamides is 1. The average Bonchev–Trinajstić information content (AvgIpc) is 2.96. The molecule has 1 N–H and O–H groups in total. The predicted molar refractivity (Wildman–Crippen MR) is 170 cm³/mol. The Labute approximate surface area is 262 Å². The topological polar surface area (TPSA) is 96.0 Å². The number of hydrogen-bond acceptors (Lipinski definition) is 6. The molecule has 0 aromatic heterocycles. The van der Waals surface area contributed by atoms with Crippen LogP contribution in [-0.2, 0) is 26.2 Å². The number of ether oxygens (including phenoxy) is 1. The van der Waals surface area contributed by atoms with Crippen molar-refractivity contribution in [2.24, 2.45) is 0 Å². The van der Waals surface area contributed by atoms with Crippen molar-refractivity contribution in [3.05, 3.63) is 82.3 Å². The highest BCUT2D eigenvalue weighted by Crippen LogP contribution is 2.33. The minimum atomic E-state index is -4.24. The van der Waals surface area contributed by atoms with Gasteiger partial charge in [-0.25, -0.2) is 8.42 Å². The van der Waals surface area contributed by atoms with Crippen molar-refractivity contribution < 1.29 is 22.7 Å². The van der Waals surface area contributed by atoms with E-state index in [1.807, 2.05) is 20.1 Å². The van der Waals surface area contributed by atoms with Gasteiger partial charge in [-0.2, -0.15) is 0 Å². The van der Waals surface area contributed by atoms with E-state index in [4.69, 9.17) is 27.9 Å². The van der Waals surface area contributed by atoms with E-state index in [0.717, 1.165) is 9.20 Å². The van der Waals surface area contributed by atoms with Crippen LogP contribution in [0.3, 0.4) is 0 Å². The molecular weight excluding hydrogens is 617 g/mol. The van der Waals surface area contributed by atoms with Crippen LogP contribution in [0.1, 0.15) is 33.3 Å². The lowest BCUT2D eigenvalue weighted by Crippen LogP contribution is -2.52. The zero-order valence-corrected chi connectivity index (χ0v) is 27.3. The van der Waals surface area contributed by atoms with Gasteiger partial charge in [-0.05, 0) is 88.0 Å². The van der Waals surface area contributed by atoms with E-state index in [0.29, 0.717) is 21.4 Å². The molecule has 8 nitrogen and oxygen atoms in total. The van der Waals surface area contributed by atoms with Crippen molar-refractivity contribution in [3.63, 3.8) is 0 Å². The molecule has 0 spiro atoms. The van der Waals surface area contributed by atoms with E-state index in [2.05, 4.69) is 5.32 Å². The fraction of sp³-hybridized carbons (Fsp3) is 0.333. The van der Waals surface area contributed by atoms with Gasteiger partial charge in [-0.15, -0.1) is 11.8 Å². The van der Waals surface area contributed by atoms with Gasteiger partial charge < -0.3 is 15.0 Å².